The van der Waals surface area contributed by atoms with Gasteiger partial charge in [0.25, 0.3) is 0 Å². The van der Waals surface area contributed by atoms with E-state index in [0.717, 1.165) is 25.7 Å². The molecule has 1 aromatic rings. The Kier molecular flexibility index (Phi) is 3.71. The molecule has 100 valence electrons. The molecule has 0 radical (unpaired) electrons. The summed E-state index contributed by atoms with van der Waals surface area (Å²) in [6, 6.07) is 3.42. The molecule has 1 aliphatic rings. The summed E-state index contributed by atoms with van der Waals surface area (Å²) in [5.74, 6) is -0.857. The molecule has 18 heavy (non-hydrogen) atoms. The summed E-state index contributed by atoms with van der Waals surface area (Å²) in [6.45, 7) is 4.47. The lowest BCUT2D eigenvalue weighted by molar-refractivity contribution is 0.171. The van der Waals surface area contributed by atoms with E-state index in [1.807, 2.05) is 0 Å². The number of rotatable bonds is 2. The fourth-order valence-corrected chi connectivity index (χ4v) is 2.85. The van der Waals surface area contributed by atoms with Crippen molar-refractivity contribution in [2.24, 2.45) is 17.1 Å². The fraction of sp³-hybridized carbons (Fsp3) is 0.600. The van der Waals surface area contributed by atoms with E-state index in [4.69, 9.17) is 5.73 Å². The van der Waals surface area contributed by atoms with Crippen molar-refractivity contribution in [3.8, 4) is 0 Å². The van der Waals surface area contributed by atoms with E-state index in [-0.39, 0.29) is 11.5 Å². The third-order valence-corrected chi connectivity index (χ3v) is 4.22. The number of hydrogen-bond donors (Lipinski definition) is 1. The van der Waals surface area contributed by atoms with Gasteiger partial charge in [-0.3, -0.25) is 0 Å². The lowest BCUT2D eigenvalue weighted by Crippen LogP contribution is -2.30. The lowest BCUT2D eigenvalue weighted by Gasteiger charge is -2.37. The van der Waals surface area contributed by atoms with Crippen molar-refractivity contribution >= 4 is 0 Å². The van der Waals surface area contributed by atoms with Crippen molar-refractivity contribution in [3.63, 3.8) is 0 Å². The van der Waals surface area contributed by atoms with Crippen LogP contribution in [0.15, 0.2) is 18.2 Å². The Bertz CT molecular complexity index is 398. The highest BCUT2D eigenvalue weighted by Gasteiger charge is 2.32. The van der Waals surface area contributed by atoms with Crippen LogP contribution in [0.2, 0.25) is 0 Å². The first kappa shape index (κ1) is 13.5. The van der Waals surface area contributed by atoms with E-state index < -0.39 is 17.7 Å². The largest absolute Gasteiger partial charge is 0.324 e. The highest BCUT2D eigenvalue weighted by Crippen LogP contribution is 2.42. The second kappa shape index (κ2) is 4.96. The van der Waals surface area contributed by atoms with Crippen LogP contribution < -0.4 is 5.73 Å². The molecular weight excluding hydrogens is 232 g/mol. The minimum absolute atomic E-state index is 0.0576. The molecule has 1 unspecified atom stereocenters. The molecule has 1 fully saturated rings. The normalized spacial score (nSPS) is 21.8. The van der Waals surface area contributed by atoms with Gasteiger partial charge in [-0.05, 0) is 49.1 Å². The topological polar surface area (TPSA) is 26.0 Å². The van der Waals surface area contributed by atoms with Gasteiger partial charge in [-0.25, -0.2) is 8.78 Å². The maximum atomic E-state index is 13.7. The van der Waals surface area contributed by atoms with E-state index in [9.17, 15) is 8.78 Å². The van der Waals surface area contributed by atoms with Crippen LogP contribution in [0.4, 0.5) is 8.78 Å². The number of halogens is 2. The van der Waals surface area contributed by atoms with Gasteiger partial charge in [-0.15, -0.1) is 0 Å². The Balaban J connectivity index is 2.15. The van der Waals surface area contributed by atoms with Crippen molar-refractivity contribution in [1.82, 2.24) is 0 Å². The quantitative estimate of drug-likeness (QED) is 0.840. The third-order valence-electron chi connectivity index (χ3n) is 4.22. The summed E-state index contributed by atoms with van der Waals surface area (Å²) in [5, 5.41) is 0. The highest BCUT2D eigenvalue weighted by molar-refractivity contribution is 5.23. The molecule has 0 spiro atoms. The summed E-state index contributed by atoms with van der Waals surface area (Å²) in [7, 11) is 0. The van der Waals surface area contributed by atoms with Crippen molar-refractivity contribution in [2.45, 2.75) is 45.6 Å². The summed E-state index contributed by atoms with van der Waals surface area (Å²) >= 11 is 0. The van der Waals surface area contributed by atoms with Gasteiger partial charge in [0.1, 0.15) is 11.6 Å². The van der Waals surface area contributed by atoms with E-state index in [1.54, 1.807) is 0 Å². The second-order valence-corrected chi connectivity index (χ2v) is 6.16. The standard InChI is InChI=1S/C15H21F2N/c1-15(2)8-6-10(7-9-15)14(18)13-11(16)4-3-5-12(13)17/h3-5,10,14H,6-9,18H2,1-2H3. The first-order valence-electron chi connectivity index (χ1n) is 6.60. The molecule has 0 bridgehead atoms. The first-order chi connectivity index (χ1) is 8.41. The Hall–Kier alpha value is -0.960. The van der Waals surface area contributed by atoms with Crippen LogP contribution in [0.1, 0.15) is 51.1 Å². The van der Waals surface area contributed by atoms with Crippen molar-refractivity contribution in [1.29, 1.82) is 0 Å². The van der Waals surface area contributed by atoms with Gasteiger partial charge in [0.15, 0.2) is 0 Å². The van der Waals surface area contributed by atoms with Crippen LogP contribution in [0.3, 0.4) is 0 Å². The molecule has 0 saturated heterocycles. The fourth-order valence-electron chi connectivity index (χ4n) is 2.85. The predicted octanol–water partition coefficient (Wildman–Crippen LogP) is 4.18. The van der Waals surface area contributed by atoms with Crippen LogP contribution in [-0.2, 0) is 0 Å². The first-order valence-corrected chi connectivity index (χ1v) is 6.60. The molecule has 0 heterocycles. The minimum Gasteiger partial charge on any atom is -0.324 e. The van der Waals surface area contributed by atoms with Crippen LogP contribution in [-0.4, -0.2) is 0 Å². The minimum atomic E-state index is -0.526. The average molecular weight is 253 g/mol. The van der Waals surface area contributed by atoms with Crippen LogP contribution in [0.25, 0.3) is 0 Å². The van der Waals surface area contributed by atoms with Crippen molar-refractivity contribution in [3.05, 3.63) is 35.4 Å². The molecular formula is C15H21F2N. The summed E-state index contributed by atoms with van der Waals surface area (Å²) in [6.07, 6.45) is 4.03. The van der Waals surface area contributed by atoms with E-state index >= 15 is 0 Å². The van der Waals surface area contributed by atoms with Gasteiger partial charge in [-0.2, -0.15) is 0 Å². The van der Waals surface area contributed by atoms with E-state index in [2.05, 4.69) is 13.8 Å². The maximum absolute atomic E-state index is 13.7. The van der Waals surface area contributed by atoms with Crippen LogP contribution in [0, 0.1) is 23.0 Å². The summed E-state index contributed by atoms with van der Waals surface area (Å²) < 4.78 is 27.4. The van der Waals surface area contributed by atoms with Crippen LogP contribution in [0.5, 0.6) is 0 Å². The van der Waals surface area contributed by atoms with Gasteiger partial charge >= 0.3 is 0 Å². The summed E-state index contributed by atoms with van der Waals surface area (Å²) in [4.78, 5) is 0. The van der Waals surface area contributed by atoms with Gasteiger partial charge in [-0.1, -0.05) is 19.9 Å². The summed E-state index contributed by atoms with van der Waals surface area (Å²) in [5.41, 5.74) is 6.47. The Labute approximate surface area is 107 Å². The molecule has 0 amide bonds. The molecule has 2 rings (SSSR count). The van der Waals surface area contributed by atoms with E-state index in [0.29, 0.717) is 5.41 Å². The smallest absolute Gasteiger partial charge is 0.130 e. The predicted molar refractivity (Wildman–Crippen MR) is 69.0 cm³/mol. The molecule has 1 nitrogen and oxygen atoms in total. The van der Waals surface area contributed by atoms with Gasteiger partial charge in [0.05, 0.1) is 0 Å². The lowest BCUT2D eigenvalue weighted by atomic mass is 9.70. The second-order valence-electron chi connectivity index (χ2n) is 6.16. The molecule has 1 atom stereocenters. The van der Waals surface area contributed by atoms with Crippen molar-refractivity contribution < 1.29 is 8.78 Å². The van der Waals surface area contributed by atoms with E-state index in [1.165, 1.54) is 18.2 Å². The van der Waals surface area contributed by atoms with Crippen LogP contribution >= 0.6 is 0 Å². The van der Waals surface area contributed by atoms with Crippen molar-refractivity contribution in [2.75, 3.05) is 0 Å². The molecule has 2 N–H and O–H groups in total. The molecule has 1 aliphatic carbocycles. The zero-order chi connectivity index (χ0) is 13.3. The monoisotopic (exact) mass is 253 g/mol. The Morgan fingerprint density at radius 3 is 2.17 bits per heavy atom. The van der Waals surface area contributed by atoms with Gasteiger partial charge < -0.3 is 5.73 Å². The molecule has 0 aromatic heterocycles. The Morgan fingerprint density at radius 2 is 1.67 bits per heavy atom. The number of benzene rings is 1. The van der Waals surface area contributed by atoms with Gasteiger partial charge in [0.2, 0.25) is 0 Å². The number of hydrogen-bond acceptors (Lipinski definition) is 1. The zero-order valence-corrected chi connectivity index (χ0v) is 11.0. The number of nitrogens with two attached hydrogens (primary N) is 1. The average Bonchev–Trinajstić information content (AvgIpc) is 2.28. The maximum Gasteiger partial charge on any atom is 0.130 e. The molecule has 1 saturated carbocycles. The molecule has 0 aliphatic heterocycles. The Morgan fingerprint density at radius 1 is 1.17 bits per heavy atom. The van der Waals surface area contributed by atoms with Gasteiger partial charge in [0, 0.05) is 11.6 Å². The highest BCUT2D eigenvalue weighted by atomic mass is 19.1. The molecule has 3 heteroatoms. The zero-order valence-electron chi connectivity index (χ0n) is 11.0. The SMILES string of the molecule is CC1(C)CCC(C(N)c2c(F)cccc2F)CC1. The molecule has 1 aromatic carbocycles. The third kappa shape index (κ3) is 2.72.